The Balaban J connectivity index is 1.33. The van der Waals surface area contributed by atoms with Crippen LogP contribution < -0.4 is 29.6 Å². The van der Waals surface area contributed by atoms with E-state index in [0.29, 0.717) is 23.6 Å². The molecule has 230 valence electrons. The lowest BCUT2D eigenvalue weighted by Gasteiger charge is -2.24. The summed E-state index contributed by atoms with van der Waals surface area (Å²) in [7, 11) is 7.30. The van der Waals surface area contributed by atoms with Gasteiger partial charge < -0.3 is 34.5 Å². The van der Waals surface area contributed by atoms with Crippen LogP contribution in [0.1, 0.15) is 23.2 Å². The predicted octanol–water partition coefficient (Wildman–Crippen LogP) is 6.36. The van der Waals surface area contributed by atoms with E-state index < -0.39 is 0 Å². The number of nitrogens with zero attached hydrogens (tertiary/aromatic N) is 1. The summed E-state index contributed by atoms with van der Waals surface area (Å²) in [6, 6.07) is 26.9. The monoisotopic (exact) mass is 595 g/mol. The van der Waals surface area contributed by atoms with Gasteiger partial charge in [0.25, 0.3) is 5.91 Å². The van der Waals surface area contributed by atoms with Gasteiger partial charge in [-0.2, -0.15) is 0 Å². The lowest BCUT2D eigenvalue weighted by Crippen LogP contribution is -2.34. The summed E-state index contributed by atoms with van der Waals surface area (Å²) in [5.41, 5.74) is 4.88. The van der Waals surface area contributed by atoms with Gasteiger partial charge in [-0.3, -0.25) is 4.79 Å². The normalized spacial score (nSPS) is 13.4. The Morgan fingerprint density at radius 2 is 1.61 bits per heavy atom. The molecule has 8 heteroatoms. The first-order chi connectivity index (χ1) is 21.4. The van der Waals surface area contributed by atoms with Crippen LogP contribution in [-0.2, 0) is 0 Å². The number of likely N-dealkylation sites (N-methyl/N-ethyl adjacent to an activating group) is 1. The summed E-state index contributed by atoms with van der Waals surface area (Å²) in [6.07, 6.45) is 2.19. The molecule has 2 N–H and O–H groups in total. The predicted molar refractivity (Wildman–Crippen MR) is 175 cm³/mol. The number of hydrogen-bond donors (Lipinski definition) is 2. The molecule has 0 unspecified atom stereocenters. The molecular weight excluding hydrogens is 554 g/mol. The Hall–Kier alpha value is -4.53. The van der Waals surface area contributed by atoms with Crippen molar-refractivity contribution in [3.63, 3.8) is 0 Å². The third kappa shape index (κ3) is 7.89. The molecule has 1 saturated heterocycles. The molecule has 0 bridgehead atoms. The minimum Gasteiger partial charge on any atom is -0.497 e. The molecule has 4 aromatic carbocycles. The number of carbonyl (C=O) groups excluding carboxylic acids is 1. The number of amides is 1. The molecule has 0 spiro atoms. The number of piperidine rings is 1. The van der Waals surface area contributed by atoms with Crippen molar-refractivity contribution in [2.75, 3.05) is 59.9 Å². The molecule has 0 atom stereocenters. The molecule has 1 amide bonds. The molecule has 8 nitrogen and oxygen atoms in total. The van der Waals surface area contributed by atoms with E-state index in [-0.39, 0.29) is 12.0 Å². The Morgan fingerprint density at radius 1 is 0.818 bits per heavy atom. The molecule has 44 heavy (non-hydrogen) atoms. The Morgan fingerprint density at radius 3 is 2.34 bits per heavy atom. The summed E-state index contributed by atoms with van der Waals surface area (Å²) < 4.78 is 23.5. The average Bonchev–Trinajstić information content (AvgIpc) is 3.05. The minimum absolute atomic E-state index is 0.205. The molecule has 0 saturated carbocycles. The Labute approximate surface area is 259 Å². The van der Waals surface area contributed by atoms with Gasteiger partial charge in [0.05, 0.1) is 14.2 Å². The summed E-state index contributed by atoms with van der Waals surface area (Å²) >= 11 is 0. The molecule has 5 rings (SSSR count). The van der Waals surface area contributed by atoms with Gasteiger partial charge in [-0.15, -0.1) is 0 Å². The second-order valence-electron chi connectivity index (χ2n) is 11.1. The van der Waals surface area contributed by atoms with Gasteiger partial charge in [0.2, 0.25) is 0 Å². The quantitative estimate of drug-likeness (QED) is 0.197. The second-order valence-corrected chi connectivity index (χ2v) is 11.1. The smallest absolute Gasteiger partial charge is 0.255 e. The van der Waals surface area contributed by atoms with Crippen LogP contribution in [0, 0.1) is 0 Å². The molecule has 1 aliphatic heterocycles. The van der Waals surface area contributed by atoms with Gasteiger partial charge in [-0.25, -0.2) is 0 Å². The second kappa shape index (κ2) is 14.8. The van der Waals surface area contributed by atoms with Crippen molar-refractivity contribution in [1.29, 1.82) is 0 Å². The number of rotatable bonds is 12. The van der Waals surface area contributed by atoms with E-state index in [1.165, 1.54) is 0 Å². The van der Waals surface area contributed by atoms with Gasteiger partial charge in [0.1, 0.15) is 35.7 Å². The summed E-state index contributed by atoms with van der Waals surface area (Å²) in [6.45, 7) is 3.30. The average molecular weight is 596 g/mol. The van der Waals surface area contributed by atoms with Gasteiger partial charge in [0.15, 0.2) is 0 Å². The van der Waals surface area contributed by atoms with E-state index in [0.717, 1.165) is 72.0 Å². The van der Waals surface area contributed by atoms with Gasteiger partial charge >= 0.3 is 0 Å². The highest BCUT2D eigenvalue weighted by Gasteiger charge is 2.17. The number of methoxy groups -OCH3 is 2. The van der Waals surface area contributed by atoms with Crippen molar-refractivity contribution in [3.8, 4) is 45.3 Å². The van der Waals surface area contributed by atoms with Crippen molar-refractivity contribution >= 4 is 11.6 Å². The zero-order valence-corrected chi connectivity index (χ0v) is 25.9. The summed E-state index contributed by atoms with van der Waals surface area (Å²) in [5.74, 6) is 2.79. The number of benzene rings is 4. The SMILES string of the molecule is COc1cccc(-c2cc(C(=O)Nc3ccc(-c4ccc(OC5CCNCC5)cc4OCCN(C)C)cc3)ccc2OC)c1. The topological polar surface area (TPSA) is 81.3 Å². The molecule has 1 fully saturated rings. The molecular formula is C36H41N3O5. The van der Waals surface area contributed by atoms with E-state index in [9.17, 15) is 4.79 Å². The van der Waals surface area contributed by atoms with Crippen molar-refractivity contribution < 1.29 is 23.7 Å². The maximum atomic E-state index is 13.3. The Bertz CT molecular complexity index is 1550. The number of nitrogens with one attached hydrogen (secondary N) is 2. The maximum absolute atomic E-state index is 13.3. The first kappa shape index (κ1) is 30.9. The van der Waals surface area contributed by atoms with E-state index in [2.05, 4.69) is 15.5 Å². The van der Waals surface area contributed by atoms with E-state index in [1.54, 1.807) is 20.3 Å². The van der Waals surface area contributed by atoms with E-state index in [1.807, 2.05) is 93.0 Å². The standard InChI is InChI=1S/C36H41N3O5/c1-39(2)20-21-43-35-24-31(44-29-16-18-37-19-17-29)13-14-32(35)25-8-11-28(12-9-25)38-36(40)27-10-15-34(42-4)33(23-27)26-6-5-7-30(22-26)41-3/h5-15,22-24,29,37H,16-21H2,1-4H3,(H,38,40). The van der Waals surface area contributed by atoms with Gasteiger partial charge in [0, 0.05) is 35.0 Å². The van der Waals surface area contributed by atoms with Crippen LogP contribution in [0.3, 0.4) is 0 Å². The fourth-order valence-corrected chi connectivity index (χ4v) is 5.18. The van der Waals surface area contributed by atoms with E-state index in [4.69, 9.17) is 18.9 Å². The van der Waals surface area contributed by atoms with Crippen LogP contribution >= 0.6 is 0 Å². The number of ether oxygens (including phenoxy) is 4. The number of hydrogen-bond acceptors (Lipinski definition) is 7. The van der Waals surface area contributed by atoms with Crippen molar-refractivity contribution in [2.45, 2.75) is 18.9 Å². The molecule has 1 heterocycles. The first-order valence-electron chi connectivity index (χ1n) is 15.0. The zero-order chi connectivity index (χ0) is 30.9. The zero-order valence-electron chi connectivity index (χ0n) is 25.9. The highest BCUT2D eigenvalue weighted by Crippen LogP contribution is 2.36. The van der Waals surface area contributed by atoms with Gasteiger partial charge in [-0.05, 0) is 106 Å². The number of anilines is 1. The van der Waals surface area contributed by atoms with Crippen molar-refractivity contribution in [3.05, 3.63) is 90.5 Å². The van der Waals surface area contributed by atoms with Gasteiger partial charge in [-0.1, -0.05) is 24.3 Å². The third-order valence-electron chi connectivity index (χ3n) is 7.63. The highest BCUT2D eigenvalue weighted by atomic mass is 16.5. The third-order valence-corrected chi connectivity index (χ3v) is 7.63. The highest BCUT2D eigenvalue weighted by molar-refractivity contribution is 6.05. The molecule has 0 aromatic heterocycles. The minimum atomic E-state index is -0.211. The summed E-state index contributed by atoms with van der Waals surface area (Å²) in [4.78, 5) is 15.4. The fraction of sp³-hybridized carbons (Fsp3) is 0.306. The Kier molecular flexibility index (Phi) is 10.4. The van der Waals surface area contributed by atoms with Crippen molar-refractivity contribution in [1.82, 2.24) is 10.2 Å². The van der Waals surface area contributed by atoms with Crippen molar-refractivity contribution in [2.24, 2.45) is 0 Å². The first-order valence-corrected chi connectivity index (χ1v) is 15.0. The molecule has 0 aliphatic carbocycles. The lowest BCUT2D eigenvalue weighted by atomic mass is 10.0. The molecule has 1 aliphatic rings. The van der Waals surface area contributed by atoms with Crippen LogP contribution in [0.4, 0.5) is 5.69 Å². The van der Waals surface area contributed by atoms with Crippen LogP contribution in [0.25, 0.3) is 22.3 Å². The fourth-order valence-electron chi connectivity index (χ4n) is 5.18. The van der Waals surface area contributed by atoms with Crippen LogP contribution in [0.5, 0.6) is 23.0 Å². The lowest BCUT2D eigenvalue weighted by molar-refractivity contribution is 0.102. The van der Waals surface area contributed by atoms with Crippen LogP contribution in [-0.4, -0.2) is 71.5 Å². The molecule has 4 aromatic rings. The van der Waals surface area contributed by atoms with Crippen LogP contribution in [0.15, 0.2) is 84.9 Å². The van der Waals surface area contributed by atoms with E-state index >= 15 is 0 Å². The largest absolute Gasteiger partial charge is 0.497 e. The number of carbonyl (C=O) groups is 1. The molecule has 0 radical (unpaired) electrons. The summed E-state index contributed by atoms with van der Waals surface area (Å²) in [5, 5.41) is 6.40. The van der Waals surface area contributed by atoms with Crippen LogP contribution in [0.2, 0.25) is 0 Å². The maximum Gasteiger partial charge on any atom is 0.255 e.